The number of amides is 2. The molecule has 0 aliphatic carbocycles. The summed E-state index contributed by atoms with van der Waals surface area (Å²) in [6, 6.07) is 14.6. The fraction of sp³-hybridized carbons (Fsp3) is 0.148. The zero-order valence-electron chi connectivity index (χ0n) is 18.8. The number of nitrogens with one attached hydrogen (secondary N) is 1. The summed E-state index contributed by atoms with van der Waals surface area (Å²) in [6.45, 7) is 4.88. The van der Waals surface area contributed by atoms with Crippen molar-refractivity contribution in [1.82, 2.24) is 19.9 Å². The second-order valence-corrected chi connectivity index (χ2v) is 8.77. The van der Waals surface area contributed by atoms with E-state index in [1.807, 2.05) is 12.1 Å². The molecule has 174 valence electrons. The van der Waals surface area contributed by atoms with Gasteiger partial charge >= 0.3 is 0 Å². The van der Waals surface area contributed by atoms with Crippen molar-refractivity contribution in [3.8, 4) is 11.1 Å². The van der Waals surface area contributed by atoms with E-state index >= 15 is 0 Å². The Kier molecular flexibility index (Phi) is 6.25. The first-order valence-electron chi connectivity index (χ1n) is 11.2. The van der Waals surface area contributed by atoms with Crippen molar-refractivity contribution in [2.24, 2.45) is 0 Å². The predicted molar refractivity (Wildman–Crippen MR) is 136 cm³/mol. The molecular weight excluding hydrogens is 462 g/mol. The monoisotopic (exact) mass is 483 g/mol. The Morgan fingerprint density at radius 3 is 2.80 bits per heavy atom. The number of aromatic nitrogens is 3. The van der Waals surface area contributed by atoms with Crippen LogP contribution < -0.4 is 5.32 Å². The summed E-state index contributed by atoms with van der Waals surface area (Å²) in [7, 11) is 0. The van der Waals surface area contributed by atoms with Crippen molar-refractivity contribution < 1.29 is 9.59 Å². The van der Waals surface area contributed by atoms with E-state index in [2.05, 4.69) is 32.9 Å². The molecule has 1 atom stereocenters. The lowest BCUT2D eigenvalue weighted by Crippen LogP contribution is -2.26. The standard InChI is InChI=1S/C27H22ClN5O2/c1-2-25(34)33-10-8-18(15-33)22-12-19(11-20-14-29-16-31-26(20)22)21-7-6-17(13-23(21)28)27(35)32-24-5-3-4-9-30-24/h2-7,9,11-14,16,18H,1,8,10,15H2,(H,30,32,35). The molecule has 2 aromatic carbocycles. The Hall–Kier alpha value is -4.10. The van der Waals surface area contributed by atoms with E-state index in [1.54, 1.807) is 47.6 Å². The molecule has 4 aromatic rings. The second-order valence-electron chi connectivity index (χ2n) is 8.36. The van der Waals surface area contributed by atoms with Gasteiger partial charge in [-0.25, -0.2) is 15.0 Å². The van der Waals surface area contributed by atoms with E-state index in [0.29, 0.717) is 29.5 Å². The molecule has 1 fully saturated rings. The predicted octanol–water partition coefficient (Wildman–Crippen LogP) is 5.10. The lowest BCUT2D eigenvalue weighted by molar-refractivity contribution is -0.125. The van der Waals surface area contributed by atoms with Crippen LogP contribution in [0.3, 0.4) is 0 Å². The molecule has 8 heteroatoms. The van der Waals surface area contributed by atoms with Crippen molar-refractivity contribution >= 4 is 40.1 Å². The first-order valence-corrected chi connectivity index (χ1v) is 11.6. The van der Waals surface area contributed by atoms with Crippen LogP contribution >= 0.6 is 11.6 Å². The van der Waals surface area contributed by atoms with Crippen LogP contribution in [0, 0.1) is 0 Å². The fourth-order valence-electron chi connectivity index (χ4n) is 4.46. The highest BCUT2D eigenvalue weighted by atomic mass is 35.5. The largest absolute Gasteiger partial charge is 0.339 e. The number of carbonyl (C=O) groups is 2. The van der Waals surface area contributed by atoms with Crippen molar-refractivity contribution in [3.05, 3.63) is 96.1 Å². The number of carbonyl (C=O) groups excluding carboxylic acids is 2. The lowest BCUT2D eigenvalue weighted by Gasteiger charge is -2.17. The number of benzene rings is 2. The molecule has 0 bridgehead atoms. The number of likely N-dealkylation sites (tertiary alicyclic amines) is 1. The molecule has 7 nitrogen and oxygen atoms in total. The third-order valence-electron chi connectivity index (χ3n) is 6.20. The molecule has 5 rings (SSSR count). The van der Waals surface area contributed by atoms with Crippen molar-refractivity contribution in [2.75, 3.05) is 18.4 Å². The zero-order chi connectivity index (χ0) is 24.4. The van der Waals surface area contributed by atoms with Gasteiger partial charge in [-0.1, -0.05) is 30.3 Å². The highest BCUT2D eigenvalue weighted by molar-refractivity contribution is 6.34. The van der Waals surface area contributed by atoms with E-state index < -0.39 is 0 Å². The fourth-order valence-corrected chi connectivity index (χ4v) is 4.75. The van der Waals surface area contributed by atoms with Gasteiger partial charge in [0.1, 0.15) is 12.1 Å². The topological polar surface area (TPSA) is 88.1 Å². The van der Waals surface area contributed by atoms with Gasteiger partial charge in [0.05, 0.1) is 5.52 Å². The molecule has 0 saturated carbocycles. The number of halogens is 1. The molecule has 1 saturated heterocycles. The SMILES string of the molecule is C=CC(=O)N1CCC(c2cc(-c3ccc(C(=O)Nc4ccccn4)cc3Cl)cc3cncnc23)C1. The second kappa shape index (κ2) is 9.64. The summed E-state index contributed by atoms with van der Waals surface area (Å²) in [5.41, 5.74) is 4.04. The number of nitrogens with zero attached hydrogens (tertiary/aromatic N) is 4. The van der Waals surface area contributed by atoms with Gasteiger partial charge in [-0.3, -0.25) is 9.59 Å². The number of rotatable bonds is 5. The van der Waals surface area contributed by atoms with Crippen LogP contribution in [-0.4, -0.2) is 44.8 Å². The first kappa shape index (κ1) is 22.7. The van der Waals surface area contributed by atoms with Crippen LogP contribution in [0.1, 0.15) is 28.3 Å². The van der Waals surface area contributed by atoms with Crippen molar-refractivity contribution in [2.45, 2.75) is 12.3 Å². The maximum atomic E-state index is 12.7. The molecule has 3 heterocycles. The van der Waals surface area contributed by atoms with Gasteiger partial charge in [-0.05, 0) is 60.0 Å². The zero-order valence-corrected chi connectivity index (χ0v) is 19.6. The molecule has 2 aromatic heterocycles. The molecule has 1 aliphatic heterocycles. The number of hydrogen-bond acceptors (Lipinski definition) is 5. The van der Waals surface area contributed by atoms with Crippen LogP contribution in [-0.2, 0) is 4.79 Å². The number of pyridine rings is 1. The number of hydrogen-bond donors (Lipinski definition) is 1. The molecule has 35 heavy (non-hydrogen) atoms. The maximum Gasteiger partial charge on any atom is 0.256 e. The average molecular weight is 484 g/mol. The minimum absolute atomic E-state index is 0.0646. The summed E-state index contributed by atoms with van der Waals surface area (Å²) in [4.78, 5) is 39.4. The number of fused-ring (bicyclic) bond motifs is 1. The van der Waals surface area contributed by atoms with Gasteiger partial charge in [-0.2, -0.15) is 0 Å². The Labute approximate surface area is 207 Å². The van der Waals surface area contributed by atoms with Crippen molar-refractivity contribution in [1.29, 1.82) is 0 Å². The minimum Gasteiger partial charge on any atom is -0.339 e. The molecule has 1 unspecified atom stereocenters. The summed E-state index contributed by atoms with van der Waals surface area (Å²) < 4.78 is 0. The maximum absolute atomic E-state index is 12.7. The van der Waals surface area contributed by atoms with E-state index in [9.17, 15) is 9.59 Å². The quantitative estimate of drug-likeness (QED) is 0.399. The summed E-state index contributed by atoms with van der Waals surface area (Å²) in [5, 5.41) is 4.11. The molecule has 0 radical (unpaired) electrons. The minimum atomic E-state index is -0.289. The first-order chi connectivity index (χ1) is 17.0. The van der Waals surface area contributed by atoms with Crippen LogP contribution in [0.25, 0.3) is 22.0 Å². The molecule has 2 amide bonds. The molecule has 0 spiro atoms. The van der Waals surface area contributed by atoms with Gasteiger partial charge in [0.25, 0.3) is 5.91 Å². The van der Waals surface area contributed by atoms with Gasteiger partial charge in [0.2, 0.25) is 5.91 Å². The third kappa shape index (κ3) is 4.63. The normalized spacial score (nSPS) is 15.2. The van der Waals surface area contributed by atoms with Gasteiger partial charge in [0.15, 0.2) is 0 Å². The van der Waals surface area contributed by atoms with Gasteiger partial charge in [-0.15, -0.1) is 0 Å². The average Bonchev–Trinajstić information content (AvgIpc) is 3.38. The molecular formula is C27H22ClN5O2. The van der Waals surface area contributed by atoms with E-state index in [-0.39, 0.29) is 17.7 Å². The third-order valence-corrected chi connectivity index (χ3v) is 6.51. The Bertz CT molecular complexity index is 1440. The Balaban J connectivity index is 1.48. The van der Waals surface area contributed by atoms with Gasteiger partial charge < -0.3 is 10.2 Å². The van der Waals surface area contributed by atoms with Crippen LogP contribution in [0.15, 0.2) is 79.9 Å². The van der Waals surface area contributed by atoms with Crippen LogP contribution in [0.4, 0.5) is 5.82 Å². The molecule has 1 N–H and O–H groups in total. The Morgan fingerprint density at radius 2 is 2.03 bits per heavy atom. The van der Waals surface area contributed by atoms with Crippen molar-refractivity contribution in [3.63, 3.8) is 0 Å². The smallest absolute Gasteiger partial charge is 0.256 e. The summed E-state index contributed by atoms with van der Waals surface area (Å²) in [5.74, 6) is 0.253. The van der Waals surface area contributed by atoms with Gasteiger partial charge in [0, 0.05) is 52.9 Å². The Morgan fingerprint density at radius 1 is 1.14 bits per heavy atom. The van der Waals surface area contributed by atoms with E-state index in [0.717, 1.165) is 34.0 Å². The highest BCUT2D eigenvalue weighted by Gasteiger charge is 2.28. The lowest BCUT2D eigenvalue weighted by atomic mass is 9.91. The molecule has 1 aliphatic rings. The van der Waals surface area contributed by atoms with E-state index in [4.69, 9.17) is 11.6 Å². The van der Waals surface area contributed by atoms with Crippen LogP contribution in [0.2, 0.25) is 5.02 Å². The number of anilines is 1. The summed E-state index contributed by atoms with van der Waals surface area (Å²) in [6.07, 6.45) is 7.12. The summed E-state index contributed by atoms with van der Waals surface area (Å²) >= 11 is 6.67. The van der Waals surface area contributed by atoms with Crippen LogP contribution in [0.5, 0.6) is 0 Å². The highest BCUT2D eigenvalue weighted by Crippen LogP contribution is 2.37. The van der Waals surface area contributed by atoms with E-state index in [1.165, 1.54) is 12.4 Å².